The van der Waals surface area contributed by atoms with E-state index in [1.807, 2.05) is 61.5 Å². The van der Waals surface area contributed by atoms with Crippen molar-refractivity contribution >= 4 is 43.7 Å². The van der Waals surface area contributed by atoms with Gasteiger partial charge < -0.3 is 14.4 Å². The molecule has 10 nitrogen and oxygen atoms in total. The summed E-state index contributed by atoms with van der Waals surface area (Å²) in [7, 11) is 1.50. The summed E-state index contributed by atoms with van der Waals surface area (Å²) < 4.78 is 9.28. The maximum atomic E-state index is 12.6. The highest BCUT2D eigenvalue weighted by molar-refractivity contribution is 9.15. The molecule has 0 fully saturated rings. The van der Waals surface area contributed by atoms with Crippen LogP contribution in [0.2, 0.25) is 0 Å². The number of aliphatic hydroxyl groups excluding tert-OH is 1. The number of fused-ring (bicyclic) bond motifs is 1. The van der Waals surface area contributed by atoms with Crippen molar-refractivity contribution in [1.29, 1.82) is 0 Å². The van der Waals surface area contributed by atoms with E-state index in [1.54, 1.807) is 6.08 Å². The number of aromatic nitrogens is 4. The average molecular weight is 553 g/mol. The maximum absolute atomic E-state index is 12.6. The lowest BCUT2D eigenvalue weighted by molar-refractivity contribution is 0.0935. The van der Waals surface area contributed by atoms with Gasteiger partial charge in [0.15, 0.2) is 11.2 Å². The minimum atomic E-state index is -0.977. The highest BCUT2D eigenvalue weighted by Gasteiger charge is 2.20. The molecule has 2 heterocycles. The Bertz CT molecular complexity index is 1540. The molecule has 186 valence electrons. The number of benzene rings is 2. The van der Waals surface area contributed by atoms with Gasteiger partial charge in [-0.25, -0.2) is 10.2 Å². The van der Waals surface area contributed by atoms with E-state index in [0.717, 1.165) is 15.6 Å². The molecule has 0 aliphatic rings. The Morgan fingerprint density at radius 3 is 2.69 bits per heavy atom. The Balaban J connectivity index is 1.59. The number of nitrogens with zero attached hydrogens (tertiary/aromatic N) is 4. The number of halogens is 1. The summed E-state index contributed by atoms with van der Waals surface area (Å²) in [5.41, 5.74) is 3.81. The third-order valence-corrected chi connectivity index (χ3v) is 6.16. The largest absolute Gasteiger partial charge is 0.491 e. The van der Waals surface area contributed by atoms with E-state index >= 15 is 0 Å². The number of H-pyrrole nitrogens is 1. The second-order valence-electron chi connectivity index (χ2n) is 8.04. The van der Waals surface area contributed by atoms with Crippen LogP contribution in [-0.4, -0.2) is 43.1 Å². The van der Waals surface area contributed by atoms with Crippen molar-refractivity contribution in [3.05, 3.63) is 92.6 Å². The molecule has 0 spiro atoms. The fraction of sp³-hybridized carbons (Fsp3) is 0.200. The number of aromatic amines is 1. The first-order valence-electron chi connectivity index (χ1n) is 11.1. The predicted octanol–water partition coefficient (Wildman–Crippen LogP) is 3.01. The fourth-order valence-corrected chi connectivity index (χ4v) is 3.94. The molecule has 0 amide bonds. The minimum absolute atomic E-state index is 0.0103. The number of nitrogens with one attached hydrogen (secondary N) is 2. The molecule has 3 N–H and O–H groups in total. The molecule has 4 aromatic rings. The number of hydrazone groups is 1. The van der Waals surface area contributed by atoms with Crippen molar-refractivity contribution in [2.45, 2.75) is 19.6 Å². The van der Waals surface area contributed by atoms with Gasteiger partial charge in [-0.3, -0.25) is 14.3 Å². The summed E-state index contributed by atoms with van der Waals surface area (Å²) in [6.07, 6.45) is 2.31. The van der Waals surface area contributed by atoms with Crippen molar-refractivity contribution in [2.24, 2.45) is 12.1 Å². The molecule has 36 heavy (non-hydrogen) atoms. The van der Waals surface area contributed by atoms with E-state index < -0.39 is 17.4 Å². The zero-order chi connectivity index (χ0) is 25.7. The van der Waals surface area contributed by atoms with Crippen molar-refractivity contribution in [3.8, 4) is 5.75 Å². The van der Waals surface area contributed by atoms with Gasteiger partial charge in [-0.15, -0.1) is 0 Å². The van der Waals surface area contributed by atoms with Gasteiger partial charge in [0.05, 0.1) is 6.54 Å². The molecule has 0 saturated heterocycles. The Morgan fingerprint density at radius 2 is 1.94 bits per heavy atom. The molecule has 1 atom stereocenters. The summed E-state index contributed by atoms with van der Waals surface area (Å²) >= 11 is 3.51. The van der Waals surface area contributed by atoms with E-state index in [1.165, 1.54) is 22.4 Å². The van der Waals surface area contributed by atoms with Crippen LogP contribution in [0.1, 0.15) is 11.1 Å². The van der Waals surface area contributed by atoms with Gasteiger partial charge in [0.25, 0.3) is 5.56 Å². The van der Waals surface area contributed by atoms with Crippen molar-refractivity contribution in [3.63, 3.8) is 0 Å². The number of rotatable bonds is 9. The molecule has 0 saturated carbocycles. The lowest BCUT2D eigenvalue weighted by atomic mass is 10.2. The Hall–Kier alpha value is -3.96. The summed E-state index contributed by atoms with van der Waals surface area (Å²) in [6, 6.07) is 17.2. The number of anilines is 1. The lowest BCUT2D eigenvalue weighted by Gasteiger charge is -2.16. The molecule has 2 aromatic heterocycles. The summed E-state index contributed by atoms with van der Waals surface area (Å²) in [5, 5.41) is 14.9. The van der Waals surface area contributed by atoms with Gasteiger partial charge in [0.2, 0.25) is 5.95 Å². The van der Waals surface area contributed by atoms with Gasteiger partial charge in [-0.2, -0.15) is 10.1 Å². The third-order valence-electron chi connectivity index (χ3n) is 5.43. The number of para-hydroxylation sites is 1. The van der Waals surface area contributed by atoms with Gasteiger partial charge in [0, 0.05) is 17.7 Å². The zero-order valence-electron chi connectivity index (χ0n) is 19.7. The molecular weight excluding hydrogens is 528 g/mol. The van der Waals surface area contributed by atoms with E-state index in [2.05, 4.69) is 36.4 Å². The van der Waals surface area contributed by atoms with Crippen LogP contribution in [-0.2, 0) is 13.6 Å². The van der Waals surface area contributed by atoms with E-state index in [4.69, 9.17) is 4.74 Å². The van der Waals surface area contributed by atoms with Crippen molar-refractivity contribution in [1.82, 2.24) is 19.1 Å². The molecule has 2 aromatic carbocycles. The van der Waals surface area contributed by atoms with Crippen molar-refractivity contribution < 1.29 is 9.84 Å². The number of ether oxygens (including phenoxy) is 1. The molecule has 1 unspecified atom stereocenters. The topological polar surface area (TPSA) is 127 Å². The second-order valence-corrected chi connectivity index (χ2v) is 8.89. The highest BCUT2D eigenvalue weighted by atomic mass is 79.9. The lowest BCUT2D eigenvalue weighted by Crippen LogP contribution is -2.30. The SMILES string of the molecule is Cc1ccccc1OCC(O)Cn1c(NN=CC=C(Br)c2ccccc2)nc2c1c(=O)[nH]c(=O)n2C. The van der Waals surface area contributed by atoms with Gasteiger partial charge in [-0.1, -0.05) is 64.5 Å². The maximum Gasteiger partial charge on any atom is 0.329 e. The summed E-state index contributed by atoms with van der Waals surface area (Å²) in [5.74, 6) is 0.845. The van der Waals surface area contributed by atoms with Crippen LogP contribution in [0.5, 0.6) is 5.75 Å². The second kappa shape index (κ2) is 11.2. The van der Waals surface area contributed by atoms with Crippen LogP contribution in [0.3, 0.4) is 0 Å². The third kappa shape index (κ3) is 5.64. The number of hydrogen-bond acceptors (Lipinski definition) is 7. The number of hydrogen-bond donors (Lipinski definition) is 3. The van der Waals surface area contributed by atoms with E-state index in [9.17, 15) is 14.7 Å². The van der Waals surface area contributed by atoms with E-state index in [0.29, 0.717) is 5.75 Å². The Kier molecular flexibility index (Phi) is 7.81. The number of aryl methyl sites for hydroxylation is 2. The van der Waals surface area contributed by atoms with Crippen LogP contribution in [0, 0.1) is 6.92 Å². The molecular formula is C25H25BrN6O4. The molecule has 11 heteroatoms. The first kappa shape index (κ1) is 25.1. The monoisotopic (exact) mass is 552 g/mol. The fourth-order valence-electron chi connectivity index (χ4n) is 3.56. The standard InChI is InChI=1S/C25H25BrN6O4/c1-16-8-6-7-11-20(16)36-15-18(33)14-32-21-22(31(2)25(35)29-23(21)34)28-24(32)30-27-13-12-19(26)17-9-4-3-5-10-17/h3-13,18,33H,14-15H2,1-2H3,(H,28,30)(H,29,34,35). The summed E-state index contributed by atoms with van der Waals surface area (Å²) in [4.78, 5) is 31.4. The molecule has 0 radical (unpaired) electrons. The van der Waals surface area contributed by atoms with Crippen LogP contribution in [0.4, 0.5) is 5.95 Å². The van der Waals surface area contributed by atoms with Crippen molar-refractivity contribution in [2.75, 3.05) is 12.0 Å². The van der Waals surface area contributed by atoms with Crippen LogP contribution in [0.25, 0.3) is 15.6 Å². The average Bonchev–Trinajstić information content (AvgIpc) is 3.23. The van der Waals surface area contributed by atoms with Gasteiger partial charge in [-0.05, 0) is 30.2 Å². The molecule has 4 rings (SSSR count). The smallest absolute Gasteiger partial charge is 0.329 e. The Morgan fingerprint density at radius 1 is 1.22 bits per heavy atom. The normalized spacial score (nSPS) is 12.8. The quantitative estimate of drug-likeness (QED) is 0.216. The molecule has 0 aliphatic carbocycles. The first-order valence-corrected chi connectivity index (χ1v) is 11.9. The summed E-state index contributed by atoms with van der Waals surface area (Å²) in [6.45, 7) is 1.88. The minimum Gasteiger partial charge on any atom is -0.491 e. The van der Waals surface area contributed by atoms with Crippen LogP contribution >= 0.6 is 15.9 Å². The van der Waals surface area contributed by atoms with Crippen LogP contribution < -0.4 is 21.4 Å². The number of imidazole rings is 1. The molecule has 0 aliphatic heterocycles. The molecule has 0 bridgehead atoms. The Labute approximate surface area is 214 Å². The van der Waals surface area contributed by atoms with E-state index in [-0.39, 0.29) is 30.3 Å². The zero-order valence-corrected chi connectivity index (χ0v) is 21.3. The number of allylic oxidation sites excluding steroid dienone is 1. The number of aliphatic hydroxyl groups is 1. The predicted molar refractivity (Wildman–Crippen MR) is 144 cm³/mol. The first-order chi connectivity index (χ1) is 17.3. The van der Waals surface area contributed by atoms with Gasteiger partial charge >= 0.3 is 5.69 Å². The highest BCUT2D eigenvalue weighted by Crippen LogP contribution is 2.20. The van der Waals surface area contributed by atoms with Crippen LogP contribution in [0.15, 0.2) is 75.4 Å². The van der Waals surface area contributed by atoms with Gasteiger partial charge in [0.1, 0.15) is 18.5 Å².